The highest BCUT2D eigenvalue weighted by Crippen LogP contribution is 2.30. The molecule has 5 rings (SSSR count). The number of aryl methyl sites for hydroxylation is 1. The molecular formula is C22H26N6O2. The first kappa shape index (κ1) is 19.0. The van der Waals surface area contributed by atoms with Gasteiger partial charge in [-0.2, -0.15) is 0 Å². The van der Waals surface area contributed by atoms with Crippen LogP contribution < -0.4 is 16.0 Å². The van der Waals surface area contributed by atoms with E-state index in [1.807, 2.05) is 18.2 Å². The molecule has 0 bridgehead atoms. The Morgan fingerprint density at radius 2 is 1.87 bits per heavy atom. The summed E-state index contributed by atoms with van der Waals surface area (Å²) in [6.45, 7) is 5.15. The van der Waals surface area contributed by atoms with E-state index in [-0.39, 0.29) is 11.1 Å². The third-order valence-electron chi connectivity index (χ3n) is 6.11. The molecule has 30 heavy (non-hydrogen) atoms. The van der Waals surface area contributed by atoms with Crippen LogP contribution in [0, 0.1) is 5.92 Å². The summed E-state index contributed by atoms with van der Waals surface area (Å²) in [6.07, 6.45) is 7.32. The average Bonchev–Trinajstić information content (AvgIpc) is 3.57. The van der Waals surface area contributed by atoms with E-state index in [9.17, 15) is 9.59 Å². The Hall–Kier alpha value is -3.00. The van der Waals surface area contributed by atoms with Gasteiger partial charge < -0.3 is 9.47 Å². The summed E-state index contributed by atoms with van der Waals surface area (Å²) in [4.78, 5) is 37.7. The van der Waals surface area contributed by atoms with Crippen LogP contribution in [-0.4, -0.2) is 50.2 Å². The number of anilines is 1. The summed E-state index contributed by atoms with van der Waals surface area (Å²) in [5.41, 5.74) is 2.75. The highest BCUT2D eigenvalue weighted by Gasteiger charge is 2.23. The van der Waals surface area contributed by atoms with Gasteiger partial charge in [0.15, 0.2) is 0 Å². The molecule has 0 N–H and O–H groups in total. The van der Waals surface area contributed by atoms with E-state index in [0.29, 0.717) is 11.3 Å². The van der Waals surface area contributed by atoms with Crippen LogP contribution in [0.1, 0.15) is 18.5 Å². The van der Waals surface area contributed by atoms with Gasteiger partial charge in [0.2, 0.25) is 0 Å². The molecule has 2 aromatic heterocycles. The van der Waals surface area contributed by atoms with Crippen molar-refractivity contribution >= 4 is 16.6 Å². The topological polar surface area (TPSA) is 76.3 Å². The van der Waals surface area contributed by atoms with Gasteiger partial charge in [0.05, 0.1) is 29.1 Å². The molecule has 0 unspecified atom stereocenters. The van der Waals surface area contributed by atoms with Crippen molar-refractivity contribution in [3.63, 3.8) is 0 Å². The molecular weight excluding hydrogens is 380 g/mol. The SMILES string of the molecule is Cn1cc(CN2CCN(c3ccc4c(=O)n(CC5CC5)cnc4c3)CC2)ncc1=O. The van der Waals surface area contributed by atoms with Gasteiger partial charge in [0, 0.05) is 58.2 Å². The van der Waals surface area contributed by atoms with Gasteiger partial charge in [-0.05, 0) is 37.0 Å². The number of hydrogen-bond acceptors (Lipinski definition) is 6. The van der Waals surface area contributed by atoms with E-state index < -0.39 is 0 Å². The number of piperazine rings is 1. The number of nitrogens with zero attached hydrogens (tertiary/aromatic N) is 6. The first-order chi connectivity index (χ1) is 14.6. The second-order valence-electron chi connectivity index (χ2n) is 8.44. The lowest BCUT2D eigenvalue weighted by molar-refractivity contribution is 0.246. The minimum absolute atomic E-state index is 0.0630. The highest BCUT2D eigenvalue weighted by atomic mass is 16.1. The second-order valence-corrected chi connectivity index (χ2v) is 8.44. The van der Waals surface area contributed by atoms with Crippen LogP contribution >= 0.6 is 0 Å². The fraction of sp³-hybridized carbons (Fsp3) is 0.455. The predicted molar refractivity (Wildman–Crippen MR) is 116 cm³/mol. The zero-order valence-electron chi connectivity index (χ0n) is 17.2. The smallest absolute Gasteiger partial charge is 0.268 e. The Kier molecular flexibility index (Phi) is 4.86. The van der Waals surface area contributed by atoms with Crippen molar-refractivity contribution in [1.82, 2.24) is 24.0 Å². The van der Waals surface area contributed by atoms with Crippen molar-refractivity contribution in [2.24, 2.45) is 13.0 Å². The monoisotopic (exact) mass is 406 g/mol. The molecule has 2 aliphatic rings. The maximum atomic E-state index is 12.7. The first-order valence-electron chi connectivity index (χ1n) is 10.5. The van der Waals surface area contributed by atoms with Gasteiger partial charge in [0.1, 0.15) is 0 Å². The largest absolute Gasteiger partial charge is 0.369 e. The Morgan fingerprint density at radius 1 is 1.07 bits per heavy atom. The van der Waals surface area contributed by atoms with Gasteiger partial charge in [-0.3, -0.25) is 24.0 Å². The van der Waals surface area contributed by atoms with Gasteiger partial charge in [-0.1, -0.05) is 0 Å². The molecule has 3 heterocycles. The second kappa shape index (κ2) is 7.68. The first-order valence-corrected chi connectivity index (χ1v) is 10.5. The zero-order valence-corrected chi connectivity index (χ0v) is 17.2. The molecule has 2 fully saturated rings. The van der Waals surface area contributed by atoms with Crippen LogP contribution in [0.25, 0.3) is 10.9 Å². The molecule has 8 nitrogen and oxygen atoms in total. The van der Waals surface area contributed by atoms with Crippen molar-refractivity contribution in [3.8, 4) is 0 Å². The van der Waals surface area contributed by atoms with E-state index in [2.05, 4.69) is 19.8 Å². The summed E-state index contributed by atoms with van der Waals surface area (Å²) in [5.74, 6) is 0.647. The van der Waals surface area contributed by atoms with Crippen LogP contribution in [0.2, 0.25) is 0 Å². The van der Waals surface area contributed by atoms with Gasteiger partial charge >= 0.3 is 0 Å². The summed E-state index contributed by atoms with van der Waals surface area (Å²) in [5, 5.41) is 0.696. The highest BCUT2D eigenvalue weighted by molar-refractivity contribution is 5.81. The minimum atomic E-state index is -0.0900. The fourth-order valence-electron chi connectivity index (χ4n) is 4.08. The van der Waals surface area contributed by atoms with Gasteiger partial charge in [0.25, 0.3) is 11.1 Å². The Morgan fingerprint density at radius 3 is 2.60 bits per heavy atom. The molecule has 0 atom stereocenters. The normalized spacial score (nSPS) is 17.6. The van der Waals surface area contributed by atoms with Crippen LogP contribution in [0.4, 0.5) is 5.69 Å². The molecule has 1 aliphatic heterocycles. The number of fused-ring (bicyclic) bond motifs is 1. The van der Waals surface area contributed by atoms with E-state index in [0.717, 1.165) is 56.2 Å². The number of benzene rings is 1. The number of aromatic nitrogens is 4. The molecule has 0 amide bonds. The van der Waals surface area contributed by atoms with Crippen molar-refractivity contribution < 1.29 is 0 Å². The van der Waals surface area contributed by atoms with Crippen molar-refractivity contribution in [1.29, 1.82) is 0 Å². The van der Waals surface area contributed by atoms with Crippen molar-refractivity contribution in [3.05, 3.63) is 63.3 Å². The zero-order chi connectivity index (χ0) is 20.7. The molecule has 3 aromatic rings. The van der Waals surface area contributed by atoms with Crippen molar-refractivity contribution in [2.45, 2.75) is 25.9 Å². The van der Waals surface area contributed by atoms with Crippen LogP contribution in [-0.2, 0) is 20.1 Å². The van der Waals surface area contributed by atoms with Crippen LogP contribution in [0.5, 0.6) is 0 Å². The molecule has 1 aromatic carbocycles. The lowest BCUT2D eigenvalue weighted by atomic mass is 10.2. The lowest BCUT2D eigenvalue weighted by Gasteiger charge is -2.36. The third kappa shape index (κ3) is 3.87. The average molecular weight is 406 g/mol. The summed E-state index contributed by atoms with van der Waals surface area (Å²) >= 11 is 0. The standard InChI is InChI=1S/C22H26N6O2/c1-25-13-17(23-11-21(25)29)14-26-6-8-27(9-7-26)18-4-5-19-20(10-18)24-15-28(22(19)30)12-16-2-3-16/h4-5,10-11,13,15-16H,2-3,6-9,12,14H2,1H3. The molecule has 1 aliphatic carbocycles. The van der Waals surface area contributed by atoms with E-state index >= 15 is 0 Å². The molecule has 8 heteroatoms. The third-order valence-corrected chi connectivity index (χ3v) is 6.11. The van der Waals surface area contributed by atoms with Crippen LogP contribution in [0.15, 0.2) is 46.5 Å². The van der Waals surface area contributed by atoms with E-state index in [1.165, 1.54) is 19.0 Å². The maximum Gasteiger partial charge on any atom is 0.268 e. The van der Waals surface area contributed by atoms with Crippen LogP contribution in [0.3, 0.4) is 0 Å². The Bertz CT molecular complexity index is 1190. The summed E-state index contributed by atoms with van der Waals surface area (Å²) < 4.78 is 3.32. The van der Waals surface area contributed by atoms with Gasteiger partial charge in [-0.15, -0.1) is 0 Å². The Balaban J connectivity index is 1.26. The van der Waals surface area contributed by atoms with E-state index in [4.69, 9.17) is 0 Å². The van der Waals surface area contributed by atoms with Gasteiger partial charge in [-0.25, -0.2) is 4.98 Å². The molecule has 1 saturated carbocycles. The molecule has 156 valence electrons. The Labute approximate surface area is 174 Å². The summed E-state index contributed by atoms with van der Waals surface area (Å²) in [6, 6.07) is 5.99. The molecule has 0 radical (unpaired) electrons. The quantitative estimate of drug-likeness (QED) is 0.634. The lowest BCUT2D eigenvalue weighted by Crippen LogP contribution is -2.46. The van der Waals surface area contributed by atoms with Crippen molar-refractivity contribution in [2.75, 3.05) is 31.1 Å². The fourth-order valence-corrected chi connectivity index (χ4v) is 4.08. The molecule has 1 saturated heterocycles. The molecule has 0 spiro atoms. The predicted octanol–water partition coefficient (Wildman–Crippen LogP) is 1.22. The minimum Gasteiger partial charge on any atom is -0.369 e. The van der Waals surface area contributed by atoms with E-state index in [1.54, 1.807) is 28.7 Å². The summed E-state index contributed by atoms with van der Waals surface area (Å²) in [7, 11) is 1.75. The number of rotatable bonds is 5. The maximum absolute atomic E-state index is 12.7. The number of hydrogen-bond donors (Lipinski definition) is 0.